The largest absolute Gasteiger partial charge is 0.391 e. The SMILES string of the molecule is O=C(N[C@@H]1CC[C@H](C(=O)NCCCc2ccccn2)C[C@H]1O)c1c[nH]c(=O)[nH]1. The van der Waals surface area contributed by atoms with E-state index in [0.717, 1.165) is 18.5 Å². The van der Waals surface area contributed by atoms with Gasteiger partial charge in [0.2, 0.25) is 5.91 Å². The first-order chi connectivity index (χ1) is 13.5. The van der Waals surface area contributed by atoms with Crippen LogP contribution < -0.4 is 16.3 Å². The molecule has 0 aromatic carbocycles. The number of aromatic nitrogens is 3. The van der Waals surface area contributed by atoms with E-state index in [0.29, 0.717) is 25.8 Å². The third-order valence-corrected chi connectivity index (χ3v) is 4.98. The molecule has 1 fully saturated rings. The van der Waals surface area contributed by atoms with Crippen molar-refractivity contribution in [2.75, 3.05) is 6.54 Å². The van der Waals surface area contributed by atoms with E-state index in [1.807, 2.05) is 18.2 Å². The second-order valence-corrected chi connectivity index (χ2v) is 7.03. The van der Waals surface area contributed by atoms with Gasteiger partial charge >= 0.3 is 5.69 Å². The number of pyridine rings is 1. The molecule has 2 aromatic heterocycles. The number of carbonyl (C=O) groups is 2. The summed E-state index contributed by atoms with van der Waals surface area (Å²) in [4.78, 5) is 44.5. The van der Waals surface area contributed by atoms with E-state index in [-0.39, 0.29) is 17.5 Å². The highest BCUT2D eigenvalue weighted by molar-refractivity contribution is 5.92. The van der Waals surface area contributed by atoms with Crippen LogP contribution in [0.2, 0.25) is 0 Å². The summed E-state index contributed by atoms with van der Waals surface area (Å²) < 4.78 is 0. The Morgan fingerprint density at radius 1 is 1.29 bits per heavy atom. The summed E-state index contributed by atoms with van der Waals surface area (Å²) in [6.45, 7) is 0.559. The number of aromatic amines is 2. The normalized spacial score (nSPS) is 21.8. The maximum absolute atomic E-state index is 12.3. The molecule has 1 saturated carbocycles. The minimum Gasteiger partial charge on any atom is -0.391 e. The van der Waals surface area contributed by atoms with Crippen LogP contribution in [-0.2, 0) is 11.2 Å². The molecule has 0 radical (unpaired) electrons. The number of imidazole rings is 1. The van der Waals surface area contributed by atoms with Crippen LogP contribution in [0.3, 0.4) is 0 Å². The summed E-state index contributed by atoms with van der Waals surface area (Å²) in [5.41, 5.74) is 0.645. The molecule has 9 heteroatoms. The molecule has 2 amide bonds. The van der Waals surface area contributed by atoms with E-state index in [1.165, 1.54) is 6.20 Å². The highest BCUT2D eigenvalue weighted by Gasteiger charge is 2.33. The molecule has 2 heterocycles. The molecule has 0 bridgehead atoms. The van der Waals surface area contributed by atoms with Gasteiger partial charge in [0, 0.05) is 30.6 Å². The maximum Gasteiger partial charge on any atom is 0.323 e. The Morgan fingerprint density at radius 3 is 2.82 bits per heavy atom. The quantitative estimate of drug-likeness (QED) is 0.429. The number of H-pyrrole nitrogens is 2. The molecule has 2 aromatic rings. The lowest BCUT2D eigenvalue weighted by Gasteiger charge is -2.32. The van der Waals surface area contributed by atoms with Gasteiger partial charge in [-0.1, -0.05) is 6.07 Å². The van der Waals surface area contributed by atoms with Crippen LogP contribution in [0.4, 0.5) is 0 Å². The van der Waals surface area contributed by atoms with E-state index >= 15 is 0 Å². The van der Waals surface area contributed by atoms with Gasteiger partial charge < -0.3 is 25.7 Å². The molecule has 1 aliphatic rings. The molecular weight excluding hydrogens is 362 g/mol. The van der Waals surface area contributed by atoms with Gasteiger partial charge in [-0.15, -0.1) is 0 Å². The standard InChI is InChI=1S/C19H25N5O4/c25-16-10-12(17(26)21-9-3-5-13-4-1-2-8-20-13)6-7-14(16)23-18(27)15-11-22-19(28)24-15/h1-2,4,8,11-12,14,16,25H,3,5-7,9-10H2,(H,21,26)(H,23,27)(H2,22,24,28)/t12-,14+,16+/m0/s1. The Hall–Kier alpha value is -2.94. The highest BCUT2D eigenvalue weighted by atomic mass is 16.3. The number of amides is 2. The molecule has 9 nitrogen and oxygen atoms in total. The number of carbonyl (C=O) groups excluding carboxylic acids is 2. The summed E-state index contributed by atoms with van der Waals surface area (Å²) in [6, 6.07) is 5.32. The molecule has 150 valence electrons. The van der Waals surface area contributed by atoms with Gasteiger partial charge in [-0.3, -0.25) is 14.6 Å². The molecule has 5 N–H and O–H groups in total. The lowest BCUT2D eigenvalue weighted by Crippen LogP contribution is -2.49. The summed E-state index contributed by atoms with van der Waals surface area (Å²) in [5.74, 6) is -0.801. The Labute approximate surface area is 162 Å². The van der Waals surface area contributed by atoms with Gasteiger partial charge in [0.15, 0.2) is 0 Å². The van der Waals surface area contributed by atoms with E-state index in [2.05, 4.69) is 25.6 Å². The average molecular weight is 387 g/mol. The van der Waals surface area contributed by atoms with Gasteiger partial charge in [0.05, 0.1) is 12.1 Å². The second kappa shape index (κ2) is 9.32. The van der Waals surface area contributed by atoms with Crippen LogP contribution in [0, 0.1) is 5.92 Å². The number of hydrogen-bond acceptors (Lipinski definition) is 5. The zero-order valence-corrected chi connectivity index (χ0v) is 15.5. The fraction of sp³-hybridized carbons (Fsp3) is 0.474. The van der Waals surface area contributed by atoms with E-state index in [4.69, 9.17) is 0 Å². The van der Waals surface area contributed by atoms with E-state index < -0.39 is 23.7 Å². The number of aliphatic hydroxyl groups excluding tert-OH is 1. The average Bonchev–Trinajstić information content (AvgIpc) is 3.14. The molecular formula is C19H25N5O4. The Kier molecular flexibility index (Phi) is 6.59. The van der Waals surface area contributed by atoms with Crippen LogP contribution >= 0.6 is 0 Å². The number of rotatable bonds is 7. The summed E-state index contributed by atoms with van der Waals surface area (Å²) in [6.07, 6.45) is 5.18. The minimum atomic E-state index is -0.812. The third-order valence-electron chi connectivity index (χ3n) is 4.98. The number of hydrogen-bond donors (Lipinski definition) is 5. The lowest BCUT2D eigenvalue weighted by molar-refractivity contribution is -0.127. The molecule has 3 rings (SSSR count). The fourth-order valence-electron chi connectivity index (χ4n) is 3.43. The first kappa shape index (κ1) is 19.8. The van der Waals surface area contributed by atoms with Crippen LogP contribution in [0.5, 0.6) is 0 Å². The minimum absolute atomic E-state index is 0.0696. The topological polar surface area (TPSA) is 140 Å². The van der Waals surface area contributed by atoms with Crippen molar-refractivity contribution in [2.24, 2.45) is 5.92 Å². The number of aliphatic hydroxyl groups is 1. The Morgan fingerprint density at radius 2 is 2.14 bits per heavy atom. The van der Waals surface area contributed by atoms with Gasteiger partial charge in [-0.2, -0.15) is 0 Å². The van der Waals surface area contributed by atoms with Crippen molar-refractivity contribution in [3.63, 3.8) is 0 Å². The smallest absolute Gasteiger partial charge is 0.323 e. The molecule has 0 saturated heterocycles. The number of nitrogens with zero attached hydrogens (tertiary/aromatic N) is 1. The lowest BCUT2D eigenvalue weighted by atomic mass is 9.83. The monoisotopic (exact) mass is 387 g/mol. The molecule has 0 unspecified atom stereocenters. The summed E-state index contributed by atoms with van der Waals surface area (Å²) in [7, 11) is 0. The maximum atomic E-state index is 12.3. The first-order valence-corrected chi connectivity index (χ1v) is 9.47. The third kappa shape index (κ3) is 5.29. The first-order valence-electron chi connectivity index (χ1n) is 9.47. The molecule has 3 atom stereocenters. The van der Waals surface area contributed by atoms with Gasteiger partial charge in [-0.25, -0.2) is 4.79 Å². The van der Waals surface area contributed by atoms with Crippen molar-refractivity contribution in [3.8, 4) is 0 Å². The van der Waals surface area contributed by atoms with Crippen molar-refractivity contribution in [3.05, 3.63) is 52.5 Å². The van der Waals surface area contributed by atoms with Gasteiger partial charge in [0.25, 0.3) is 5.91 Å². The predicted octanol–water partition coefficient (Wildman–Crippen LogP) is 0.106. The Bertz CT molecular complexity index is 847. The van der Waals surface area contributed by atoms with E-state index in [9.17, 15) is 19.5 Å². The highest BCUT2D eigenvalue weighted by Crippen LogP contribution is 2.25. The summed E-state index contributed by atoms with van der Waals surface area (Å²) in [5, 5.41) is 16.0. The predicted molar refractivity (Wildman–Crippen MR) is 102 cm³/mol. The molecule has 0 aliphatic heterocycles. The van der Waals surface area contributed by atoms with Crippen LogP contribution in [0.25, 0.3) is 0 Å². The van der Waals surface area contributed by atoms with Crippen LogP contribution in [0.15, 0.2) is 35.4 Å². The van der Waals surface area contributed by atoms with Gasteiger partial charge in [-0.05, 0) is 44.2 Å². The Balaban J connectivity index is 1.39. The van der Waals surface area contributed by atoms with Crippen LogP contribution in [-0.4, -0.2) is 50.6 Å². The van der Waals surface area contributed by atoms with Gasteiger partial charge in [0.1, 0.15) is 5.69 Å². The number of nitrogens with one attached hydrogen (secondary N) is 4. The second-order valence-electron chi connectivity index (χ2n) is 7.03. The van der Waals surface area contributed by atoms with Crippen molar-refractivity contribution in [2.45, 2.75) is 44.2 Å². The zero-order valence-electron chi connectivity index (χ0n) is 15.5. The fourth-order valence-corrected chi connectivity index (χ4v) is 3.43. The van der Waals surface area contributed by atoms with E-state index in [1.54, 1.807) is 6.20 Å². The van der Waals surface area contributed by atoms with Crippen molar-refractivity contribution in [1.29, 1.82) is 0 Å². The van der Waals surface area contributed by atoms with Crippen LogP contribution in [0.1, 0.15) is 41.9 Å². The summed E-state index contributed by atoms with van der Waals surface area (Å²) >= 11 is 0. The van der Waals surface area contributed by atoms with Crippen molar-refractivity contribution >= 4 is 11.8 Å². The molecule has 28 heavy (non-hydrogen) atoms. The number of aryl methyl sites for hydroxylation is 1. The molecule has 1 aliphatic carbocycles. The van der Waals surface area contributed by atoms with Crippen molar-refractivity contribution < 1.29 is 14.7 Å². The zero-order chi connectivity index (χ0) is 19.9. The molecule has 0 spiro atoms. The van der Waals surface area contributed by atoms with Crippen molar-refractivity contribution in [1.82, 2.24) is 25.6 Å².